The van der Waals surface area contributed by atoms with Crippen LogP contribution in [0.1, 0.15) is 31.9 Å². The van der Waals surface area contributed by atoms with Crippen molar-refractivity contribution in [1.29, 1.82) is 0 Å². The summed E-state index contributed by atoms with van der Waals surface area (Å²) in [5.41, 5.74) is 9.36. The van der Waals surface area contributed by atoms with E-state index in [1.165, 1.54) is 0 Å². The molecule has 0 aliphatic carbocycles. The Labute approximate surface area is 112 Å². The van der Waals surface area contributed by atoms with Crippen LogP contribution in [0.2, 0.25) is 0 Å². The summed E-state index contributed by atoms with van der Waals surface area (Å²) in [6, 6.07) is 5.01. The van der Waals surface area contributed by atoms with E-state index in [2.05, 4.69) is 10.0 Å². The summed E-state index contributed by atoms with van der Waals surface area (Å²) in [6.07, 6.45) is 0.379. The van der Waals surface area contributed by atoms with Gasteiger partial charge in [-0.2, -0.15) is 0 Å². The highest BCUT2D eigenvalue weighted by atomic mass is 16.5. The molecule has 0 aliphatic rings. The third-order valence-corrected chi connectivity index (χ3v) is 2.55. The smallest absolute Gasteiger partial charge is 0.161 e. The molecule has 0 radical (unpaired) electrons. The summed E-state index contributed by atoms with van der Waals surface area (Å²) in [5.74, 6) is 1.29. The molecule has 0 fully saturated rings. The lowest BCUT2D eigenvalue weighted by atomic mass is 10.0. The molecular weight excluding hydrogens is 246 g/mol. The number of azide groups is 1. The zero-order chi connectivity index (χ0) is 14.1. The molecule has 0 saturated heterocycles. The number of aliphatic hydroxyl groups excluding tert-OH is 1. The summed E-state index contributed by atoms with van der Waals surface area (Å²) >= 11 is 0. The van der Waals surface area contributed by atoms with Gasteiger partial charge < -0.3 is 14.6 Å². The Morgan fingerprint density at radius 2 is 1.95 bits per heavy atom. The molecule has 0 heterocycles. The van der Waals surface area contributed by atoms with Gasteiger partial charge in [0, 0.05) is 11.5 Å². The highest BCUT2D eigenvalue weighted by molar-refractivity contribution is 5.44. The zero-order valence-electron chi connectivity index (χ0n) is 11.2. The van der Waals surface area contributed by atoms with Crippen LogP contribution in [0, 0.1) is 0 Å². The van der Waals surface area contributed by atoms with E-state index in [0.717, 1.165) is 5.56 Å². The third kappa shape index (κ3) is 4.35. The minimum absolute atomic E-state index is 0.0408. The summed E-state index contributed by atoms with van der Waals surface area (Å²) in [7, 11) is 0. The van der Waals surface area contributed by atoms with E-state index < -0.39 is 6.04 Å². The fourth-order valence-corrected chi connectivity index (χ4v) is 1.75. The second-order valence-corrected chi connectivity index (χ2v) is 3.81. The molecule has 1 unspecified atom stereocenters. The van der Waals surface area contributed by atoms with Crippen molar-refractivity contribution in [2.75, 3.05) is 19.8 Å². The SMILES string of the molecule is CCOc1ccc(C(CCO)N=[N+]=[N-])cc1OCC. The Morgan fingerprint density at radius 1 is 1.26 bits per heavy atom. The van der Waals surface area contributed by atoms with Crippen LogP contribution in [-0.2, 0) is 0 Å². The summed E-state index contributed by atoms with van der Waals surface area (Å²) in [6.45, 7) is 4.83. The summed E-state index contributed by atoms with van der Waals surface area (Å²) in [4.78, 5) is 2.81. The monoisotopic (exact) mass is 265 g/mol. The molecule has 0 amide bonds. The van der Waals surface area contributed by atoms with E-state index >= 15 is 0 Å². The first-order chi connectivity index (χ1) is 9.26. The van der Waals surface area contributed by atoms with Crippen molar-refractivity contribution in [3.05, 3.63) is 34.2 Å². The molecule has 6 nitrogen and oxygen atoms in total. The fraction of sp³-hybridized carbons (Fsp3) is 0.538. The zero-order valence-corrected chi connectivity index (χ0v) is 11.2. The molecule has 1 rings (SSSR count). The van der Waals surface area contributed by atoms with Gasteiger partial charge >= 0.3 is 0 Å². The van der Waals surface area contributed by atoms with Crippen LogP contribution in [-0.4, -0.2) is 24.9 Å². The average molecular weight is 265 g/mol. The number of benzene rings is 1. The molecule has 104 valence electrons. The van der Waals surface area contributed by atoms with Gasteiger partial charge in [0.1, 0.15) is 0 Å². The topological polar surface area (TPSA) is 87.5 Å². The first kappa shape index (κ1) is 15.1. The number of aliphatic hydroxyl groups is 1. The molecule has 19 heavy (non-hydrogen) atoms. The average Bonchev–Trinajstić information content (AvgIpc) is 2.41. The molecule has 0 bridgehead atoms. The highest BCUT2D eigenvalue weighted by Gasteiger charge is 2.13. The lowest BCUT2D eigenvalue weighted by Crippen LogP contribution is -2.02. The lowest BCUT2D eigenvalue weighted by Gasteiger charge is -2.15. The standard InChI is InChI=1S/C13H19N3O3/c1-3-18-12-6-5-10(9-13(12)19-4-2)11(7-8-17)15-16-14/h5-6,9,11,17H,3-4,7-8H2,1-2H3. The third-order valence-electron chi connectivity index (χ3n) is 2.55. The molecule has 1 atom stereocenters. The van der Waals surface area contributed by atoms with Gasteiger partial charge in [-0.3, -0.25) is 0 Å². The number of rotatable bonds is 8. The van der Waals surface area contributed by atoms with Gasteiger partial charge in [0.15, 0.2) is 11.5 Å². The Balaban J connectivity index is 3.07. The molecule has 6 heteroatoms. The van der Waals surface area contributed by atoms with Crippen molar-refractivity contribution in [3.63, 3.8) is 0 Å². The van der Waals surface area contributed by atoms with Crippen LogP contribution >= 0.6 is 0 Å². The lowest BCUT2D eigenvalue weighted by molar-refractivity contribution is 0.275. The molecule has 0 aliphatic heterocycles. The second kappa shape index (κ2) is 8.24. The van der Waals surface area contributed by atoms with Gasteiger partial charge in [0.25, 0.3) is 0 Å². The van der Waals surface area contributed by atoms with E-state index in [1.807, 2.05) is 19.9 Å². The van der Waals surface area contributed by atoms with Crippen LogP contribution < -0.4 is 9.47 Å². The van der Waals surface area contributed by atoms with Gasteiger partial charge in [-0.05, 0) is 43.5 Å². The maximum Gasteiger partial charge on any atom is 0.161 e. The summed E-state index contributed by atoms with van der Waals surface area (Å²) < 4.78 is 11.0. The van der Waals surface area contributed by atoms with E-state index in [9.17, 15) is 0 Å². The first-order valence-electron chi connectivity index (χ1n) is 6.31. The number of ether oxygens (including phenoxy) is 2. The Morgan fingerprint density at radius 3 is 2.53 bits per heavy atom. The number of hydrogen-bond acceptors (Lipinski definition) is 4. The van der Waals surface area contributed by atoms with Crippen molar-refractivity contribution in [1.82, 2.24) is 0 Å². The molecule has 1 aromatic carbocycles. The van der Waals surface area contributed by atoms with Gasteiger partial charge in [0.2, 0.25) is 0 Å². The van der Waals surface area contributed by atoms with Gasteiger partial charge in [-0.15, -0.1) is 0 Å². The molecule has 0 aromatic heterocycles. The highest BCUT2D eigenvalue weighted by Crippen LogP contribution is 2.32. The number of hydrogen-bond donors (Lipinski definition) is 1. The molecular formula is C13H19N3O3. The second-order valence-electron chi connectivity index (χ2n) is 3.81. The van der Waals surface area contributed by atoms with E-state index in [-0.39, 0.29) is 6.61 Å². The molecule has 1 aromatic rings. The summed E-state index contributed by atoms with van der Waals surface area (Å²) in [5, 5.41) is 12.7. The van der Waals surface area contributed by atoms with Crippen LogP contribution in [0.5, 0.6) is 11.5 Å². The predicted molar refractivity (Wildman–Crippen MR) is 72.4 cm³/mol. The van der Waals surface area contributed by atoms with Crippen molar-refractivity contribution >= 4 is 0 Å². The van der Waals surface area contributed by atoms with E-state index in [1.54, 1.807) is 12.1 Å². The minimum Gasteiger partial charge on any atom is -0.490 e. The normalized spacial score (nSPS) is 11.5. The minimum atomic E-state index is -0.398. The van der Waals surface area contributed by atoms with Crippen molar-refractivity contribution in [2.24, 2.45) is 5.11 Å². The largest absolute Gasteiger partial charge is 0.490 e. The predicted octanol–water partition coefficient (Wildman–Crippen LogP) is 3.22. The van der Waals surface area contributed by atoms with Gasteiger partial charge in [-0.25, -0.2) is 0 Å². The molecule has 1 N–H and O–H groups in total. The van der Waals surface area contributed by atoms with Crippen molar-refractivity contribution in [2.45, 2.75) is 26.3 Å². The van der Waals surface area contributed by atoms with Crippen LogP contribution in [0.3, 0.4) is 0 Å². The van der Waals surface area contributed by atoms with E-state index in [4.69, 9.17) is 20.1 Å². The quantitative estimate of drug-likeness (QED) is 0.444. The Bertz CT molecular complexity index is 445. The Hall–Kier alpha value is -1.91. The Kier molecular flexibility index (Phi) is 6.57. The maximum absolute atomic E-state index is 9.00. The maximum atomic E-state index is 9.00. The van der Waals surface area contributed by atoms with Crippen LogP contribution in [0.25, 0.3) is 10.4 Å². The van der Waals surface area contributed by atoms with Crippen molar-refractivity contribution in [3.8, 4) is 11.5 Å². The van der Waals surface area contributed by atoms with Crippen LogP contribution in [0.15, 0.2) is 23.3 Å². The van der Waals surface area contributed by atoms with Gasteiger partial charge in [-0.1, -0.05) is 11.2 Å². The molecule has 0 spiro atoms. The van der Waals surface area contributed by atoms with Crippen molar-refractivity contribution < 1.29 is 14.6 Å². The molecule has 0 saturated carbocycles. The number of nitrogens with zero attached hydrogens (tertiary/aromatic N) is 3. The van der Waals surface area contributed by atoms with E-state index in [0.29, 0.717) is 31.1 Å². The fourth-order valence-electron chi connectivity index (χ4n) is 1.75. The van der Waals surface area contributed by atoms with Gasteiger partial charge in [0.05, 0.1) is 19.3 Å². The first-order valence-corrected chi connectivity index (χ1v) is 6.31. The van der Waals surface area contributed by atoms with Crippen LogP contribution in [0.4, 0.5) is 0 Å².